The molecule has 5 nitrogen and oxygen atoms in total. The molecule has 2 N–H and O–H groups in total. The van der Waals surface area contributed by atoms with Crippen LogP contribution in [-0.4, -0.2) is 34.6 Å². The summed E-state index contributed by atoms with van der Waals surface area (Å²) in [4.78, 5) is 17.4. The van der Waals surface area contributed by atoms with Gasteiger partial charge in [-0.15, -0.1) is 0 Å². The first kappa shape index (κ1) is 20.1. The molecule has 0 radical (unpaired) electrons. The van der Waals surface area contributed by atoms with E-state index in [0.29, 0.717) is 5.56 Å². The fourth-order valence-corrected chi connectivity index (χ4v) is 6.02. The number of fused-ring (bicyclic) bond motifs is 3. The third-order valence-corrected chi connectivity index (χ3v) is 7.59. The van der Waals surface area contributed by atoms with Gasteiger partial charge < -0.3 is 14.8 Å². The number of benzene rings is 2. The van der Waals surface area contributed by atoms with Crippen molar-refractivity contribution in [3.8, 4) is 5.75 Å². The number of piperidine rings is 1. The Morgan fingerprint density at radius 3 is 2.81 bits per heavy atom. The SMILES string of the molecule is COc1cc(C)c2[nH]ccc2c1CN1CCC2CCCC1(c1ccc(C(=O)O)cc1)C2. The number of methoxy groups -OCH3 is 1. The summed E-state index contributed by atoms with van der Waals surface area (Å²) >= 11 is 0. The summed E-state index contributed by atoms with van der Waals surface area (Å²) < 4.78 is 5.82. The Morgan fingerprint density at radius 1 is 1.26 bits per heavy atom. The topological polar surface area (TPSA) is 65.6 Å². The van der Waals surface area contributed by atoms with Crippen molar-refractivity contribution < 1.29 is 14.6 Å². The maximum atomic E-state index is 11.4. The molecule has 3 aromatic rings. The summed E-state index contributed by atoms with van der Waals surface area (Å²) in [6.07, 6.45) is 8.00. The lowest BCUT2D eigenvalue weighted by atomic mass is 9.67. The molecule has 2 heterocycles. The number of hydrogen-bond donors (Lipinski definition) is 2. The van der Waals surface area contributed by atoms with Crippen molar-refractivity contribution in [1.29, 1.82) is 0 Å². The highest BCUT2D eigenvalue weighted by Gasteiger charge is 2.46. The largest absolute Gasteiger partial charge is 0.496 e. The van der Waals surface area contributed by atoms with Crippen LogP contribution in [0.25, 0.3) is 10.9 Å². The minimum atomic E-state index is -0.870. The molecule has 1 aliphatic heterocycles. The normalized spacial score (nSPS) is 23.7. The van der Waals surface area contributed by atoms with Crippen LogP contribution < -0.4 is 4.74 Å². The van der Waals surface area contributed by atoms with Crippen LogP contribution in [0.4, 0.5) is 0 Å². The third kappa shape index (κ3) is 3.32. The molecule has 5 rings (SSSR count). The van der Waals surface area contributed by atoms with Crippen molar-refractivity contribution in [2.45, 2.75) is 51.1 Å². The molecule has 2 atom stereocenters. The molecule has 1 aromatic heterocycles. The predicted octanol–water partition coefficient (Wildman–Crippen LogP) is 5.47. The zero-order chi connectivity index (χ0) is 21.6. The Bertz CT molecular complexity index is 1120. The Labute approximate surface area is 183 Å². The molecule has 5 heteroatoms. The summed E-state index contributed by atoms with van der Waals surface area (Å²) in [5.41, 5.74) is 5.15. The molecule has 31 heavy (non-hydrogen) atoms. The van der Waals surface area contributed by atoms with E-state index in [1.54, 1.807) is 19.2 Å². The van der Waals surface area contributed by atoms with Crippen molar-refractivity contribution in [3.05, 3.63) is 64.8 Å². The van der Waals surface area contributed by atoms with Gasteiger partial charge in [0.15, 0.2) is 0 Å². The van der Waals surface area contributed by atoms with Crippen LogP contribution in [0.5, 0.6) is 5.75 Å². The first-order valence-corrected chi connectivity index (χ1v) is 11.2. The molecule has 0 spiro atoms. The number of rotatable bonds is 5. The highest BCUT2D eigenvalue weighted by molar-refractivity contribution is 5.88. The molecule has 1 saturated carbocycles. The molecule has 162 valence electrons. The summed E-state index contributed by atoms with van der Waals surface area (Å²) in [5.74, 6) is 0.820. The standard InChI is InChI=1S/C26H30N2O3/c1-17-14-23(31-2)22(21-9-12-27-24(17)21)16-28-13-10-18-4-3-11-26(28,15-18)20-7-5-19(6-8-20)25(29)30/h5-9,12,14,18,27H,3-4,10-11,13,15-16H2,1-2H3,(H,29,30). The maximum Gasteiger partial charge on any atom is 0.335 e. The first-order chi connectivity index (χ1) is 15.0. The average molecular weight is 419 g/mol. The number of likely N-dealkylation sites (tertiary alicyclic amines) is 1. The molecule has 2 fully saturated rings. The lowest BCUT2D eigenvalue weighted by Crippen LogP contribution is -2.53. The minimum Gasteiger partial charge on any atom is -0.496 e. The van der Waals surface area contributed by atoms with E-state index in [2.05, 4.69) is 28.9 Å². The fraction of sp³-hybridized carbons (Fsp3) is 0.423. The molecule has 1 saturated heterocycles. The number of hydrogen-bond acceptors (Lipinski definition) is 3. The van der Waals surface area contributed by atoms with Gasteiger partial charge in [-0.25, -0.2) is 4.79 Å². The molecular formula is C26H30N2O3. The van der Waals surface area contributed by atoms with Gasteiger partial charge in [-0.05, 0) is 74.0 Å². The summed E-state index contributed by atoms with van der Waals surface area (Å²) in [7, 11) is 1.75. The fourth-order valence-electron chi connectivity index (χ4n) is 6.02. The zero-order valence-electron chi connectivity index (χ0n) is 18.3. The second-order valence-corrected chi connectivity index (χ2v) is 9.23. The van der Waals surface area contributed by atoms with Crippen molar-refractivity contribution in [3.63, 3.8) is 0 Å². The van der Waals surface area contributed by atoms with E-state index in [9.17, 15) is 9.90 Å². The summed E-state index contributed by atoms with van der Waals surface area (Å²) in [5, 5.41) is 10.6. The second-order valence-electron chi connectivity index (χ2n) is 9.23. The number of carbonyl (C=O) groups is 1. The number of carboxylic acid groups (broad SMARTS) is 1. The number of aromatic nitrogens is 1. The van der Waals surface area contributed by atoms with Gasteiger partial charge in [0, 0.05) is 34.7 Å². The van der Waals surface area contributed by atoms with Gasteiger partial charge in [0.2, 0.25) is 0 Å². The Kier molecular flexibility index (Phi) is 5.01. The van der Waals surface area contributed by atoms with Gasteiger partial charge in [0.1, 0.15) is 5.75 Å². The van der Waals surface area contributed by atoms with Gasteiger partial charge in [-0.3, -0.25) is 4.90 Å². The summed E-state index contributed by atoms with van der Waals surface area (Å²) in [6, 6.07) is 11.9. The van der Waals surface area contributed by atoms with E-state index in [1.165, 1.54) is 46.9 Å². The highest BCUT2D eigenvalue weighted by Crippen LogP contribution is 2.50. The molecular weight excluding hydrogens is 388 g/mol. The van der Waals surface area contributed by atoms with Crippen LogP contribution in [0, 0.1) is 12.8 Å². The van der Waals surface area contributed by atoms with Crippen molar-refractivity contribution >= 4 is 16.9 Å². The van der Waals surface area contributed by atoms with Gasteiger partial charge in [-0.2, -0.15) is 0 Å². The van der Waals surface area contributed by atoms with E-state index < -0.39 is 5.97 Å². The zero-order valence-corrected chi connectivity index (χ0v) is 18.3. The minimum absolute atomic E-state index is 0.0449. The molecule has 0 amide bonds. The van der Waals surface area contributed by atoms with Gasteiger partial charge >= 0.3 is 5.97 Å². The van der Waals surface area contributed by atoms with Crippen LogP contribution >= 0.6 is 0 Å². The number of aromatic carboxylic acids is 1. The number of aromatic amines is 1. The monoisotopic (exact) mass is 418 g/mol. The molecule has 2 unspecified atom stereocenters. The lowest BCUT2D eigenvalue weighted by molar-refractivity contribution is -0.0252. The van der Waals surface area contributed by atoms with Crippen LogP contribution in [0.1, 0.15) is 59.2 Å². The Hall–Kier alpha value is -2.79. The lowest BCUT2D eigenvalue weighted by Gasteiger charge is -2.53. The number of H-pyrrole nitrogens is 1. The smallest absolute Gasteiger partial charge is 0.335 e. The van der Waals surface area contributed by atoms with Crippen molar-refractivity contribution in [2.75, 3.05) is 13.7 Å². The second kappa shape index (κ2) is 7.72. The van der Waals surface area contributed by atoms with Crippen molar-refractivity contribution in [2.24, 2.45) is 5.92 Å². The molecule has 2 bridgehead atoms. The predicted molar refractivity (Wildman–Crippen MR) is 122 cm³/mol. The van der Waals surface area contributed by atoms with E-state index in [1.807, 2.05) is 18.3 Å². The van der Waals surface area contributed by atoms with Gasteiger partial charge in [0.25, 0.3) is 0 Å². The number of carboxylic acids is 1. The quantitative estimate of drug-likeness (QED) is 0.576. The number of nitrogens with one attached hydrogen (secondary N) is 1. The van der Waals surface area contributed by atoms with E-state index >= 15 is 0 Å². The summed E-state index contributed by atoms with van der Waals surface area (Å²) in [6.45, 7) is 3.99. The van der Waals surface area contributed by atoms with Gasteiger partial charge in [0.05, 0.1) is 12.7 Å². The van der Waals surface area contributed by atoms with E-state index in [-0.39, 0.29) is 5.54 Å². The average Bonchev–Trinajstić information content (AvgIpc) is 3.28. The number of ether oxygens (including phenoxy) is 1. The van der Waals surface area contributed by atoms with Crippen LogP contribution in [0.15, 0.2) is 42.6 Å². The molecule has 2 aliphatic rings. The van der Waals surface area contributed by atoms with Crippen molar-refractivity contribution in [1.82, 2.24) is 9.88 Å². The molecule has 2 aromatic carbocycles. The Balaban J connectivity index is 1.58. The third-order valence-electron chi connectivity index (χ3n) is 7.59. The van der Waals surface area contributed by atoms with Crippen LogP contribution in [-0.2, 0) is 12.1 Å². The molecule has 1 aliphatic carbocycles. The Morgan fingerprint density at radius 2 is 2.06 bits per heavy atom. The maximum absolute atomic E-state index is 11.4. The van der Waals surface area contributed by atoms with Gasteiger partial charge in [-0.1, -0.05) is 25.0 Å². The highest BCUT2D eigenvalue weighted by atomic mass is 16.5. The van der Waals surface area contributed by atoms with E-state index in [0.717, 1.165) is 37.6 Å². The first-order valence-electron chi connectivity index (χ1n) is 11.2. The number of nitrogens with zero attached hydrogens (tertiary/aromatic N) is 1. The number of aryl methyl sites for hydroxylation is 1. The van der Waals surface area contributed by atoms with Crippen LogP contribution in [0.2, 0.25) is 0 Å². The van der Waals surface area contributed by atoms with Crippen LogP contribution in [0.3, 0.4) is 0 Å². The van der Waals surface area contributed by atoms with E-state index in [4.69, 9.17) is 4.74 Å².